The number of carboxylic acids is 1. The molecule has 0 aliphatic rings. The van der Waals surface area contributed by atoms with Crippen molar-refractivity contribution in [2.24, 2.45) is 0 Å². The summed E-state index contributed by atoms with van der Waals surface area (Å²) < 4.78 is 76.0. The lowest BCUT2D eigenvalue weighted by Crippen LogP contribution is -2.32. The lowest BCUT2D eigenvalue weighted by atomic mass is 10.3. The van der Waals surface area contributed by atoms with Crippen LogP contribution in [-0.2, 0) is 14.8 Å². The van der Waals surface area contributed by atoms with Gasteiger partial charge in [-0.1, -0.05) is 0 Å². The van der Waals surface area contributed by atoms with Crippen LogP contribution in [0.5, 0.6) is 0 Å². The minimum atomic E-state index is -4.75. The van der Waals surface area contributed by atoms with Crippen molar-refractivity contribution < 1.29 is 35.9 Å². The van der Waals surface area contributed by atoms with Gasteiger partial charge in [-0.3, -0.25) is 9.52 Å². The van der Waals surface area contributed by atoms with Gasteiger partial charge in [0.15, 0.2) is 28.5 Å². The molecular formula is C9H7F4NO4S. The molecule has 19 heavy (non-hydrogen) atoms. The van der Waals surface area contributed by atoms with Crippen LogP contribution in [0.25, 0.3) is 0 Å². The Balaban J connectivity index is 3.31. The predicted molar refractivity (Wildman–Crippen MR) is 55.9 cm³/mol. The summed E-state index contributed by atoms with van der Waals surface area (Å²) in [4.78, 5) is 10.5. The molecular weight excluding hydrogens is 294 g/mol. The molecule has 0 fully saturated rings. The molecule has 0 amide bonds. The quantitative estimate of drug-likeness (QED) is 0.651. The van der Waals surface area contributed by atoms with Crippen molar-refractivity contribution in [2.75, 3.05) is 4.72 Å². The maximum absolute atomic E-state index is 13.2. The van der Waals surface area contributed by atoms with Crippen LogP contribution < -0.4 is 4.72 Å². The molecule has 0 aromatic heterocycles. The van der Waals surface area contributed by atoms with E-state index < -0.39 is 50.2 Å². The van der Waals surface area contributed by atoms with E-state index in [9.17, 15) is 30.8 Å². The summed E-state index contributed by atoms with van der Waals surface area (Å²) in [5.74, 6) is -9.38. The van der Waals surface area contributed by atoms with Crippen molar-refractivity contribution in [3.05, 3.63) is 29.3 Å². The van der Waals surface area contributed by atoms with E-state index in [0.717, 1.165) is 6.92 Å². The lowest BCUT2D eigenvalue weighted by Gasteiger charge is -2.13. The topological polar surface area (TPSA) is 83.5 Å². The first kappa shape index (κ1) is 15.2. The van der Waals surface area contributed by atoms with Gasteiger partial charge in [0.25, 0.3) is 0 Å². The molecule has 1 aromatic carbocycles. The Labute approximate surface area is 104 Å². The first-order valence-electron chi connectivity index (χ1n) is 4.65. The molecule has 2 N–H and O–H groups in total. The van der Waals surface area contributed by atoms with Gasteiger partial charge in [0.05, 0.1) is 0 Å². The second-order valence-corrected chi connectivity index (χ2v) is 5.47. The molecule has 10 heteroatoms. The van der Waals surface area contributed by atoms with Crippen LogP contribution in [0.15, 0.2) is 6.07 Å². The molecule has 0 aliphatic carbocycles. The SMILES string of the molecule is CC(C(=O)O)S(=O)(=O)Nc1c(F)c(F)cc(F)c1F. The number of anilines is 1. The number of sulfonamides is 1. The first-order chi connectivity index (χ1) is 8.58. The van der Waals surface area contributed by atoms with E-state index in [1.165, 1.54) is 4.72 Å². The maximum atomic E-state index is 13.2. The fourth-order valence-electron chi connectivity index (χ4n) is 1.03. The number of hydrogen-bond donors (Lipinski definition) is 2. The van der Waals surface area contributed by atoms with Crippen LogP contribution in [-0.4, -0.2) is 24.7 Å². The minimum absolute atomic E-state index is 0.108. The number of rotatable bonds is 4. The van der Waals surface area contributed by atoms with E-state index in [1.807, 2.05) is 0 Å². The van der Waals surface area contributed by atoms with Crippen LogP contribution in [0.1, 0.15) is 6.92 Å². The van der Waals surface area contributed by atoms with Gasteiger partial charge in [0.1, 0.15) is 5.69 Å². The summed E-state index contributed by atoms with van der Waals surface area (Å²) in [5, 5.41) is 6.42. The summed E-state index contributed by atoms with van der Waals surface area (Å²) in [6.45, 7) is 0.718. The van der Waals surface area contributed by atoms with E-state index in [2.05, 4.69) is 0 Å². The van der Waals surface area contributed by atoms with E-state index in [-0.39, 0.29) is 6.07 Å². The Morgan fingerprint density at radius 1 is 1.21 bits per heavy atom. The van der Waals surface area contributed by atoms with E-state index in [0.29, 0.717) is 0 Å². The van der Waals surface area contributed by atoms with Crippen LogP contribution >= 0.6 is 0 Å². The van der Waals surface area contributed by atoms with Crippen LogP contribution in [0.4, 0.5) is 23.2 Å². The fourth-order valence-corrected chi connectivity index (χ4v) is 1.93. The first-order valence-corrected chi connectivity index (χ1v) is 6.20. The number of benzene rings is 1. The zero-order valence-corrected chi connectivity index (χ0v) is 10.1. The Kier molecular flexibility index (Phi) is 4.03. The highest BCUT2D eigenvalue weighted by atomic mass is 32.2. The van der Waals surface area contributed by atoms with Gasteiger partial charge in [-0.2, -0.15) is 0 Å². The monoisotopic (exact) mass is 301 g/mol. The summed E-state index contributed by atoms with van der Waals surface area (Å²) in [6.07, 6.45) is 0. The third-order valence-corrected chi connectivity index (χ3v) is 3.79. The third-order valence-electron chi connectivity index (χ3n) is 2.17. The molecule has 1 rings (SSSR count). The predicted octanol–water partition coefficient (Wildman–Crippen LogP) is 1.46. The van der Waals surface area contributed by atoms with Gasteiger partial charge in [-0.25, -0.2) is 26.0 Å². The highest BCUT2D eigenvalue weighted by Crippen LogP contribution is 2.25. The Morgan fingerprint density at radius 3 is 2.00 bits per heavy atom. The molecule has 0 saturated carbocycles. The summed E-state index contributed by atoms with van der Waals surface area (Å²) in [7, 11) is -4.75. The normalized spacial score (nSPS) is 13.1. The van der Waals surface area contributed by atoms with Gasteiger partial charge in [-0.05, 0) is 6.92 Å². The van der Waals surface area contributed by atoms with E-state index >= 15 is 0 Å². The largest absolute Gasteiger partial charge is 0.480 e. The highest BCUT2D eigenvalue weighted by Gasteiger charge is 2.31. The third kappa shape index (κ3) is 2.95. The van der Waals surface area contributed by atoms with Crippen molar-refractivity contribution in [3.8, 4) is 0 Å². The molecule has 0 aliphatic heterocycles. The van der Waals surface area contributed by atoms with Crippen LogP contribution in [0.3, 0.4) is 0 Å². The van der Waals surface area contributed by atoms with Gasteiger partial charge >= 0.3 is 5.97 Å². The van der Waals surface area contributed by atoms with Crippen molar-refractivity contribution in [3.63, 3.8) is 0 Å². The molecule has 0 spiro atoms. The molecule has 1 aromatic rings. The average molecular weight is 301 g/mol. The molecule has 0 radical (unpaired) electrons. The number of carbonyl (C=O) groups is 1. The smallest absolute Gasteiger partial charge is 0.323 e. The second-order valence-electron chi connectivity index (χ2n) is 3.47. The van der Waals surface area contributed by atoms with E-state index in [4.69, 9.17) is 5.11 Å². The Hall–Kier alpha value is -1.84. The standard InChI is InChI=1S/C9H7F4NO4S/c1-3(9(15)16)19(17,18)14-8-6(12)4(10)2-5(11)7(8)13/h2-3,14H,1H3,(H,15,16). The van der Waals surface area contributed by atoms with Crippen molar-refractivity contribution in [1.29, 1.82) is 0 Å². The van der Waals surface area contributed by atoms with Crippen LogP contribution in [0, 0.1) is 23.3 Å². The molecule has 106 valence electrons. The molecule has 1 atom stereocenters. The van der Waals surface area contributed by atoms with Crippen molar-refractivity contribution in [2.45, 2.75) is 12.2 Å². The number of aliphatic carboxylic acids is 1. The second kappa shape index (κ2) is 5.03. The zero-order valence-electron chi connectivity index (χ0n) is 9.25. The van der Waals surface area contributed by atoms with Gasteiger partial charge in [-0.15, -0.1) is 0 Å². The molecule has 5 nitrogen and oxygen atoms in total. The van der Waals surface area contributed by atoms with Crippen molar-refractivity contribution in [1.82, 2.24) is 0 Å². The summed E-state index contributed by atoms with van der Waals surface area (Å²) in [5.41, 5.74) is -1.61. The maximum Gasteiger partial charge on any atom is 0.323 e. The van der Waals surface area contributed by atoms with Gasteiger partial charge in [0.2, 0.25) is 10.0 Å². The molecule has 0 heterocycles. The molecule has 1 unspecified atom stereocenters. The van der Waals surface area contributed by atoms with Crippen molar-refractivity contribution >= 4 is 21.7 Å². The Bertz CT molecular complexity index is 605. The summed E-state index contributed by atoms with van der Waals surface area (Å²) in [6, 6.07) is -0.108. The minimum Gasteiger partial charge on any atom is -0.480 e. The number of nitrogens with one attached hydrogen (secondary N) is 1. The number of halogens is 4. The molecule has 0 saturated heterocycles. The number of carboxylic acid groups (broad SMARTS) is 1. The number of hydrogen-bond acceptors (Lipinski definition) is 3. The molecule has 0 bridgehead atoms. The average Bonchev–Trinajstić information content (AvgIpc) is 2.31. The highest BCUT2D eigenvalue weighted by molar-refractivity contribution is 7.94. The lowest BCUT2D eigenvalue weighted by molar-refractivity contribution is -0.136. The van der Waals surface area contributed by atoms with E-state index in [1.54, 1.807) is 0 Å². The summed E-state index contributed by atoms with van der Waals surface area (Å²) >= 11 is 0. The fraction of sp³-hybridized carbons (Fsp3) is 0.222. The van der Waals surface area contributed by atoms with Gasteiger partial charge < -0.3 is 5.11 Å². The Morgan fingerprint density at radius 2 is 1.63 bits per heavy atom. The van der Waals surface area contributed by atoms with Gasteiger partial charge in [0, 0.05) is 6.07 Å². The van der Waals surface area contributed by atoms with Crippen LogP contribution in [0.2, 0.25) is 0 Å². The zero-order chi connectivity index (χ0) is 15.0.